The van der Waals surface area contributed by atoms with Crippen LogP contribution in [-0.4, -0.2) is 23.9 Å². The number of alkyl carbamates (subject to hydrolysis) is 1. The van der Waals surface area contributed by atoms with Crippen molar-refractivity contribution in [3.8, 4) is 0 Å². The average molecular weight is 466 g/mol. The van der Waals surface area contributed by atoms with Crippen molar-refractivity contribution >= 4 is 40.6 Å². The highest BCUT2D eigenvalue weighted by Gasteiger charge is 2.26. The van der Waals surface area contributed by atoms with Crippen LogP contribution in [0.1, 0.15) is 35.5 Å². The SMILES string of the molecule is CC[C@H](C)[C@H](NC(=O)OCc1ccccc1)C(=O)Nc1cccc(NC(=O)c2cccs2)c1. The summed E-state index contributed by atoms with van der Waals surface area (Å²) in [6.45, 7) is 3.95. The lowest BCUT2D eigenvalue weighted by Crippen LogP contribution is -2.47. The number of amides is 3. The highest BCUT2D eigenvalue weighted by molar-refractivity contribution is 7.12. The Balaban J connectivity index is 1.61. The van der Waals surface area contributed by atoms with Crippen molar-refractivity contribution in [2.24, 2.45) is 5.92 Å². The standard InChI is InChI=1S/C25H27N3O4S/c1-3-17(2)22(28-25(31)32-16-18-9-5-4-6-10-18)24(30)27-20-12-7-11-19(15-20)26-23(29)21-13-8-14-33-21/h4-15,17,22H,3,16H2,1-2H3,(H,26,29)(H,27,30)(H,28,31)/t17-,22-/m0/s1. The second kappa shape index (κ2) is 11.8. The van der Waals surface area contributed by atoms with E-state index in [0.29, 0.717) is 22.7 Å². The van der Waals surface area contributed by atoms with Crippen LogP contribution in [-0.2, 0) is 16.1 Å². The van der Waals surface area contributed by atoms with Crippen LogP contribution >= 0.6 is 11.3 Å². The van der Waals surface area contributed by atoms with Gasteiger partial charge in [0.1, 0.15) is 12.6 Å². The van der Waals surface area contributed by atoms with Gasteiger partial charge in [-0.25, -0.2) is 4.79 Å². The topological polar surface area (TPSA) is 96.5 Å². The number of nitrogens with one attached hydrogen (secondary N) is 3. The summed E-state index contributed by atoms with van der Waals surface area (Å²) in [6, 6.07) is 19.0. The number of rotatable bonds is 9. The second-order valence-electron chi connectivity index (χ2n) is 7.57. The third-order valence-electron chi connectivity index (χ3n) is 5.11. The number of hydrogen-bond donors (Lipinski definition) is 3. The van der Waals surface area contributed by atoms with Crippen molar-refractivity contribution in [2.75, 3.05) is 10.6 Å². The Morgan fingerprint density at radius 3 is 2.33 bits per heavy atom. The van der Waals surface area contributed by atoms with Crippen LogP contribution in [0.5, 0.6) is 0 Å². The van der Waals surface area contributed by atoms with Gasteiger partial charge in [-0.15, -0.1) is 11.3 Å². The summed E-state index contributed by atoms with van der Waals surface area (Å²) in [7, 11) is 0. The van der Waals surface area contributed by atoms with Gasteiger partial charge in [0, 0.05) is 11.4 Å². The van der Waals surface area contributed by atoms with Crippen LogP contribution in [0.2, 0.25) is 0 Å². The molecule has 0 saturated carbocycles. The van der Waals surface area contributed by atoms with Crippen molar-refractivity contribution in [2.45, 2.75) is 32.9 Å². The molecule has 0 saturated heterocycles. The second-order valence-corrected chi connectivity index (χ2v) is 8.52. The van der Waals surface area contributed by atoms with E-state index in [-0.39, 0.29) is 24.3 Å². The molecule has 1 aromatic heterocycles. The fourth-order valence-corrected chi connectivity index (χ4v) is 3.71. The Morgan fingerprint density at radius 2 is 1.67 bits per heavy atom. The van der Waals surface area contributed by atoms with Crippen molar-refractivity contribution in [1.82, 2.24) is 5.32 Å². The zero-order valence-electron chi connectivity index (χ0n) is 18.5. The van der Waals surface area contributed by atoms with E-state index in [1.807, 2.05) is 55.6 Å². The minimum absolute atomic E-state index is 0.115. The maximum Gasteiger partial charge on any atom is 0.408 e. The zero-order valence-corrected chi connectivity index (χ0v) is 19.4. The van der Waals surface area contributed by atoms with Crippen molar-refractivity contribution in [3.63, 3.8) is 0 Å². The van der Waals surface area contributed by atoms with Crippen molar-refractivity contribution in [3.05, 3.63) is 82.6 Å². The van der Waals surface area contributed by atoms with Crippen LogP contribution in [0, 0.1) is 5.92 Å². The molecule has 2 atom stereocenters. The first-order chi connectivity index (χ1) is 16.0. The first-order valence-electron chi connectivity index (χ1n) is 10.7. The Labute approximate surface area is 197 Å². The summed E-state index contributed by atoms with van der Waals surface area (Å²) in [5.74, 6) is -0.687. The number of carbonyl (C=O) groups excluding carboxylic acids is 3. The van der Waals surface area contributed by atoms with Crippen LogP contribution in [0.4, 0.5) is 16.2 Å². The highest BCUT2D eigenvalue weighted by Crippen LogP contribution is 2.19. The van der Waals surface area contributed by atoms with Gasteiger partial charge in [-0.05, 0) is 41.1 Å². The number of carbonyl (C=O) groups is 3. The molecular weight excluding hydrogens is 438 g/mol. The van der Waals surface area contributed by atoms with E-state index < -0.39 is 12.1 Å². The fraction of sp³-hybridized carbons (Fsp3) is 0.240. The molecule has 0 spiro atoms. The first kappa shape index (κ1) is 24.0. The monoisotopic (exact) mass is 465 g/mol. The lowest BCUT2D eigenvalue weighted by molar-refractivity contribution is -0.119. The zero-order chi connectivity index (χ0) is 23.6. The van der Waals surface area contributed by atoms with Gasteiger partial charge in [0.05, 0.1) is 4.88 Å². The predicted octanol–water partition coefficient (Wildman–Crippen LogP) is 5.28. The smallest absolute Gasteiger partial charge is 0.408 e. The normalized spacial score (nSPS) is 12.3. The van der Waals surface area contributed by atoms with E-state index in [1.165, 1.54) is 11.3 Å². The summed E-state index contributed by atoms with van der Waals surface area (Å²) in [5, 5.41) is 10.2. The fourth-order valence-electron chi connectivity index (χ4n) is 3.09. The summed E-state index contributed by atoms with van der Waals surface area (Å²) < 4.78 is 5.28. The number of thiophene rings is 1. The first-order valence-corrected chi connectivity index (χ1v) is 11.6. The minimum atomic E-state index is -0.775. The van der Waals surface area contributed by atoms with Gasteiger partial charge in [0.25, 0.3) is 5.91 Å². The molecule has 3 rings (SSSR count). The average Bonchev–Trinajstić information content (AvgIpc) is 3.37. The minimum Gasteiger partial charge on any atom is -0.445 e. The van der Waals surface area contributed by atoms with E-state index in [0.717, 1.165) is 5.56 Å². The number of hydrogen-bond acceptors (Lipinski definition) is 5. The van der Waals surface area contributed by atoms with Gasteiger partial charge in [-0.3, -0.25) is 9.59 Å². The Morgan fingerprint density at radius 1 is 0.939 bits per heavy atom. The number of ether oxygens (including phenoxy) is 1. The Hall–Kier alpha value is -3.65. The Kier molecular flexibility index (Phi) is 8.60. The van der Waals surface area contributed by atoms with Gasteiger partial charge in [-0.1, -0.05) is 62.7 Å². The van der Waals surface area contributed by atoms with Gasteiger partial charge < -0.3 is 20.7 Å². The molecular formula is C25H27N3O4S. The maximum atomic E-state index is 13.0. The molecule has 0 fully saturated rings. The van der Waals surface area contributed by atoms with Crippen molar-refractivity contribution in [1.29, 1.82) is 0 Å². The molecule has 3 amide bonds. The molecule has 0 bridgehead atoms. The molecule has 0 aliphatic heterocycles. The molecule has 7 nitrogen and oxygen atoms in total. The third kappa shape index (κ3) is 7.18. The van der Waals surface area contributed by atoms with Gasteiger partial charge in [0.2, 0.25) is 5.91 Å². The van der Waals surface area contributed by atoms with Gasteiger partial charge in [-0.2, -0.15) is 0 Å². The van der Waals surface area contributed by atoms with Crippen LogP contribution in [0.15, 0.2) is 72.1 Å². The van der Waals surface area contributed by atoms with E-state index in [2.05, 4.69) is 16.0 Å². The van der Waals surface area contributed by atoms with Gasteiger partial charge in [0.15, 0.2) is 0 Å². The molecule has 0 aliphatic rings. The maximum absolute atomic E-state index is 13.0. The molecule has 0 radical (unpaired) electrons. The molecule has 1 heterocycles. The van der Waals surface area contributed by atoms with E-state index in [9.17, 15) is 14.4 Å². The molecule has 33 heavy (non-hydrogen) atoms. The summed E-state index contributed by atoms with van der Waals surface area (Å²) in [6.07, 6.45) is 0.0322. The summed E-state index contributed by atoms with van der Waals surface area (Å²) >= 11 is 1.35. The largest absolute Gasteiger partial charge is 0.445 e. The van der Waals surface area contributed by atoms with Crippen LogP contribution < -0.4 is 16.0 Å². The molecule has 0 aliphatic carbocycles. The lowest BCUT2D eigenvalue weighted by atomic mass is 9.98. The van der Waals surface area contributed by atoms with E-state index in [1.54, 1.807) is 30.3 Å². The van der Waals surface area contributed by atoms with Crippen LogP contribution in [0.25, 0.3) is 0 Å². The third-order valence-corrected chi connectivity index (χ3v) is 5.98. The number of benzene rings is 2. The van der Waals surface area contributed by atoms with Crippen LogP contribution in [0.3, 0.4) is 0 Å². The number of anilines is 2. The molecule has 8 heteroatoms. The molecule has 2 aromatic carbocycles. The van der Waals surface area contributed by atoms with E-state index >= 15 is 0 Å². The highest BCUT2D eigenvalue weighted by atomic mass is 32.1. The molecule has 3 aromatic rings. The van der Waals surface area contributed by atoms with E-state index in [4.69, 9.17) is 4.74 Å². The molecule has 0 unspecified atom stereocenters. The lowest BCUT2D eigenvalue weighted by Gasteiger charge is -2.23. The summed E-state index contributed by atoms with van der Waals surface area (Å²) in [4.78, 5) is 38.2. The summed E-state index contributed by atoms with van der Waals surface area (Å²) in [5.41, 5.74) is 1.93. The molecule has 3 N–H and O–H groups in total. The van der Waals surface area contributed by atoms with Crippen molar-refractivity contribution < 1.29 is 19.1 Å². The Bertz CT molecular complexity index is 1070. The predicted molar refractivity (Wildman–Crippen MR) is 130 cm³/mol. The molecule has 172 valence electrons. The quantitative estimate of drug-likeness (QED) is 0.401. The van der Waals surface area contributed by atoms with Gasteiger partial charge >= 0.3 is 6.09 Å².